The predicted molar refractivity (Wildman–Crippen MR) is 261 cm³/mol. The van der Waals surface area contributed by atoms with Crippen LogP contribution in [0.5, 0.6) is 0 Å². The molecule has 0 saturated heterocycles. The van der Waals surface area contributed by atoms with E-state index in [4.69, 9.17) is 21.0 Å². The lowest BCUT2D eigenvalue weighted by molar-refractivity contribution is 0.620. The first-order chi connectivity index (χ1) is 31.2. The number of fused-ring (bicyclic) bond motifs is 8. The highest BCUT2D eigenvalue weighted by molar-refractivity contribution is 6.22. The van der Waals surface area contributed by atoms with Crippen molar-refractivity contribution in [3.8, 4) is 34.0 Å². The average Bonchev–Trinajstić information content (AvgIpc) is 4.06. The molecule has 9 aromatic carbocycles. The third kappa shape index (κ3) is 6.60. The van der Waals surface area contributed by atoms with Gasteiger partial charge < -0.3 is 19.3 Å². The van der Waals surface area contributed by atoms with Crippen LogP contribution < -0.4 is 16.6 Å². The molecular weight excluding hydrogens is 773 g/mol. The molecule has 63 heavy (non-hydrogen) atoms. The van der Waals surface area contributed by atoms with Gasteiger partial charge in [0.05, 0.1) is 39.1 Å². The van der Waals surface area contributed by atoms with Crippen molar-refractivity contribution in [1.29, 1.82) is 0 Å². The van der Waals surface area contributed by atoms with E-state index >= 15 is 0 Å². The minimum atomic E-state index is 0.597. The van der Waals surface area contributed by atoms with Crippen molar-refractivity contribution in [2.75, 3.05) is 5.01 Å². The lowest BCUT2D eigenvalue weighted by atomic mass is 9.99. The molecule has 3 heterocycles. The summed E-state index contributed by atoms with van der Waals surface area (Å²) in [6.07, 6.45) is 0. The maximum atomic E-state index is 6.79. The fourth-order valence-electron chi connectivity index (χ4n) is 8.95. The van der Waals surface area contributed by atoms with E-state index < -0.39 is 0 Å². The molecule has 0 bridgehead atoms. The first-order valence-corrected chi connectivity index (χ1v) is 21.1. The molecule has 0 aliphatic heterocycles. The van der Waals surface area contributed by atoms with Crippen LogP contribution in [0.1, 0.15) is 5.56 Å². The third-order valence-corrected chi connectivity index (χ3v) is 11.8. The topological polar surface area (TPSA) is 91.2 Å². The van der Waals surface area contributed by atoms with Crippen molar-refractivity contribution in [2.45, 2.75) is 6.54 Å². The Morgan fingerprint density at radius 3 is 1.84 bits per heavy atom. The number of hydrazine groups is 1. The van der Waals surface area contributed by atoms with Gasteiger partial charge in [0.25, 0.3) is 0 Å². The van der Waals surface area contributed by atoms with Crippen LogP contribution in [0.15, 0.2) is 223 Å². The summed E-state index contributed by atoms with van der Waals surface area (Å²) in [5.74, 6) is 7.38. The molecule has 3 aromatic heterocycles. The van der Waals surface area contributed by atoms with Crippen LogP contribution in [0.25, 0.3) is 88.7 Å². The summed E-state index contributed by atoms with van der Waals surface area (Å²) in [7, 11) is 0. The Kier molecular flexibility index (Phi) is 9.58. The quantitative estimate of drug-likeness (QED) is 0.123. The van der Waals surface area contributed by atoms with Gasteiger partial charge in [-0.05, 0) is 89.5 Å². The molecule has 0 fully saturated rings. The van der Waals surface area contributed by atoms with Crippen molar-refractivity contribution in [2.24, 2.45) is 11.6 Å². The first kappa shape index (κ1) is 37.7. The van der Waals surface area contributed by atoms with Crippen molar-refractivity contribution in [3.05, 3.63) is 224 Å². The SMILES string of the molecule is NCc1ccccc1.NN(c1ccccc1)c1cccc(-n2c3ccc4oc(-c5ccccc5)nc4c3c3cccc(-n4c5ccccc5c5c(-c6ccccc6)cccc54)c32)c1. The third-order valence-electron chi connectivity index (χ3n) is 11.8. The number of nitrogens with two attached hydrogens (primary N) is 2. The van der Waals surface area contributed by atoms with Crippen LogP contribution in [0.3, 0.4) is 0 Å². The second-order valence-electron chi connectivity index (χ2n) is 15.5. The molecule has 12 rings (SSSR count). The molecule has 0 aliphatic carbocycles. The summed E-state index contributed by atoms with van der Waals surface area (Å²) in [5, 5.41) is 6.27. The number of hydrogen-bond donors (Lipinski definition) is 2. The van der Waals surface area contributed by atoms with E-state index in [1.54, 1.807) is 5.01 Å². The van der Waals surface area contributed by atoms with E-state index in [1.165, 1.54) is 27.5 Å². The van der Waals surface area contributed by atoms with Gasteiger partial charge in [-0.2, -0.15) is 0 Å². The van der Waals surface area contributed by atoms with Gasteiger partial charge >= 0.3 is 0 Å². The molecule has 0 aliphatic rings. The van der Waals surface area contributed by atoms with Gasteiger partial charge in [-0.15, -0.1) is 0 Å². The fraction of sp³-hybridized carbons (Fsp3) is 0.0179. The maximum Gasteiger partial charge on any atom is 0.227 e. The van der Waals surface area contributed by atoms with Crippen molar-refractivity contribution >= 4 is 66.1 Å². The van der Waals surface area contributed by atoms with Gasteiger partial charge in [0.15, 0.2) is 5.58 Å². The monoisotopic (exact) mass is 814 g/mol. The highest BCUT2D eigenvalue weighted by Crippen LogP contribution is 2.44. The van der Waals surface area contributed by atoms with E-state index in [0.717, 1.165) is 72.3 Å². The molecule has 0 spiro atoms. The van der Waals surface area contributed by atoms with Crippen molar-refractivity contribution in [3.63, 3.8) is 0 Å². The largest absolute Gasteiger partial charge is 0.436 e. The summed E-state index contributed by atoms with van der Waals surface area (Å²) >= 11 is 0. The highest BCUT2D eigenvalue weighted by Gasteiger charge is 2.24. The van der Waals surface area contributed by atoms with E-state index in [-0.39, 0.29) is 0 Å². The number of benzene rings is 9. The summed E-state index contributed by atoms with van der Waals surface area (Å²) in [5.41, 5.74) is 19.6. The molecular formula is C56H42N6O. The standard InChI is InChI=1S/C49H33N5O.C7H9N/c50-54(34-19-8-3-9-20-34)36-22-12-21-35(31-36)52-42-29-30-44-47(51-49(55-44)33-17-6-2-7-18-33)46(42)39-25-14-28-43(48(39)52)53-40-26-11-10-23-38(40)45-37(24-13-27-41(45)53)32-15-4-1-5-16-32;8-6-7-4-2-1-3-5-7/h1-31H,50H2;1-5H,6,8H2. The van der Waals surface area contributed by atoms with Crippen LogP contribution in [-0.4, -0.2) is 14.1 Å². The molecule has 12 aromatic rings. The second kappa shape index (κ2) is 16.0. The molecule has 7 nitrogen and oxygen atoms in total. The van der Waals surface area contributed by atoms with Gasteiger partial charge in [-0.25, -0.2) is 10.8 Å². The zero-order chi connectivity index (χ0) is 42.3. The smallest absolute Gasteiger partial charge is 0.227 e. The van der Waals surface area contributed by atoms with Gasteiger partial charge in [0, 0.05) is 39.3 Å². The van der Waals surface area contributed by atoms with Crippen LogP contribution in [0, 0.1) is 0 Å². The number of aromatic nitrogens is 3. The zero-order valence-corrected chi connectivity index (χ0v) is 34.3. The number of para-hydroxylation sites is 3. The van der Waals surface area contributed by atoms with Crippen LogP contribution in [0.2, 0.25) is 0 Å². The zero-order valence-electron chi connectivity index (χ0n) is 34.3. The fourth-order valence-corrected chi connectivity index (χ4v) is 8.95. The summed E-state index contributed by atoms with van der Waals surface area (Å²) in [6, 6.07) is 75.4. The highest BCUT2D eigenvalue weighted by atomic mass is 16.3. The van der Waals surface area contributed by atoms with E-state index in [9.17, 15) is 0 Å². The second-order valence-corrected chi connectivity index (χ2v) is 15.5. The summed E-state index contributed by atoms with van der Waals surface area (Å²) in [4.78, 5) is 5.18. The molecule has 0 atom stereocenters. The molecule has 7 heteroatoms. The number of oxazole rings is 1. The number of rotatable bonds is 7. The molecule has 0 saturated carbocycles. The Bertz CT molecular complexity index is 3560. The number of nitrogens with zero attached hydrogens (tertiary/aromatic N) is 4. The Hall–Kier alpha value is -8.23. The lowest BCUT2D eigenvalue weighted by Crippen LogP contribution is -2.24. The minimum absolute atomic E-state index is 0.597. The van der Waals surface area contributed by atoms with Crippen LogP contribution in [0.4, 0.5) is 11.4 Å². The first-order valence-electron chi connectivity index (χ1n) is 21.1. The van der Waals surface area contributed by atoms with E-state index in [2.05, 4.69) is 124 Å². The molecule has 0 radical (unpaired) electrons. The Balaban J connectivity index is 0.000000503. The Morgan fingerprint density at radius 2 is 1.10 bits per heavy atom. The molecule has 0 amide bonds. The van der Waals surface area contributed by atoms with Gasteiger partial charge in [-0.3, -0.25) is 5.01 Å². The normalized spacial score (nSPS) is 11.4. The lowest BCUT2D eigenvalue weighted by Gasteiger charge is -2.20. The summed E-state index contributed by atoms with van der Waals surface area (Å²) in [6.45, 7) is 0.640. The number of hydrogen-bond acceptors (Lipinski definition) is 5. The van der Waals surface area contributed by atoms with E-state index in [1.807, 2.05) is 103 Å². The number of anilines is 2. The van der Waals surface area contributed by atoms with Gasteiger partial charge in [0.1, 0.15) is 5.52 Å². The predicted octanol–water partition coefficient (Wildman–Crippen LogP) is 13.5. The van der Waals surface area contributed by atoms with Crippen molar-refractivity contribution < 1.29 is 4.42 Å². The molecule has 0 unspecified atom stereocenters. The Morgan fingerprint density at radius 1 is 0.492 bits per heavy atom. The minimum Gasteiger partial charge on any atom is -0.436 e. The van der Waals surface area contributed by atoms with Crippen LogP contribution in [-0.2, 0) is 6.54 Å². The molecule has 4 N–H and O–H groups in total. The van der Waals surface area contributed by atoms with Gasteiger partial charge in [0.2, 0.25) is 5.89 Å². The van der Waals surface area contributed by atoms with Gasteiger partial charge in [-0.1, -0.05) is 146 Å². The average molecular weight is 815 g/mol. The van der Waals surface area contributed by atoms with Crippen LogP contribution >= 0.6 is 0 Å². The maximum absolute atomic E-state index is 6.79. The Labute approximate surface area is 364 Å². The molecule has 302 valence electrons. The van der Waals surface area contributed by atoms with E-state index in [0.29, 0.717) is 12.4 Å². The van der Waals surface area contributed by atoms with Crippen molar-refractivity contribution in [1.82, 2.24) is 14.1 Å². The summed E-state index contributed by atoms with van der Waals surface area (Å²) < 4.78 is 11.2.